The van der Waals surface area contributed by atoms with Gasteiger partial charge in [0.25, 0.3) is 0 Å². The first-order chi connectivity index (χ1) is 11.9. The maximum atomic E-state index is 4.76. The molecule has 0 atom stereocenters. The van der Waals surface area contributed by atoms with Gasteiger partial charge in [-0.05, 0) is 60.9 Å². The second-order valence-electron chi connectivity index (χ2n) is 5.88. The second kappa shape index (κ2) is 6.67. The van der Waals surface area contributed by atoms with Crippen LogP contribution in [0.15, 0.2) is 83.8 Å². The lowest BCUT2D eigenvalue weighted by molar-refractivity contribution is 0.817. The Hall–Kier alpha value is -2.94. The molecule has 3 nitrogen and oxygen atoms in total. The average molecular weight is 313 g/mol. The zero-order chi connectivity index (χ0) is 16.2. The van der Waals surface area contributed by atoms with Crippen LogP contribution in [0.3, 0.4) is 0 Å². The third kappa shape index (κ3) is 2.93. The van der Waals surface area contributed by atoms with Gasteiger partial charge in [-0.1, -0.05) is 18.2 Å². The molecular weight excluding hydrogens is 294 g/mol. The van der Waals surface area contributed by atoms with Crippen LogP contribution >= 0.6 is 0 Å². The number of pyridine rings is 1. The van der Waals surface area contributed by atoms with Gasteiger partial charge in [0.1, 0.15) is 0 Å². The molecule has 0 spiro atoms. The number of aromatic nitrogens is 2. The van der Waals surface area contributed by atoms with Gasteiger partial charge in [-0.3, -0.25) is 9.98 Å². The standard InChI is InChI=1S/C21H19N3/c1-2-9-19(10-3-1)24-14-6-11-20(24)15-17-7-5-13-23-21(17)18-8-4-12-22-16-18/h1-4,6,8-12,14-16H,5,7,13H2. The second-order valence-corrected chi connectivity index (χ2v) is 5.88. The molecular formula is C21H19N3. The van der Waals surface area contributed by atoms with E-state index in [1.165, 1.54) is 17.0 Å². The molecule has 0 aliphatic carbocycles. The molecule has 0 unspecified atom stereocenters. The highest BCUT2D eigenvalue weighted by Crippen LogP contribution is 2.23. The molecule has 118 valence electrons. The van der Waals surface area contributed by atoms with E-state index in [1.54, 1.807) is 6.20 Å². The Morgan fingerprint density at radius 1 is 0.958 bits per heavy atom. The molecule has 24 heavy (non-hydrogen) atoms. The van der Waals surface area contributed by atoms with Gasteiger partial charge in [0.05, 0.1) is 5.71 Å². The van der Waals surface area contributed by atoms with Crippen LogP contribution in [-0.2, 0) is 0 Å². The van der Waals surface area contributed by atoms with Crippen molar-refractivity contribution < 1.29 is 0 Å². The summed E-state index contributed by atoms with van der Waals surface area (Å²) in [6.07, 6.45) is 10.2. The normalized spacial score (nSPS) is 16.2. The smallest absolute Gasteiger partial charge is 0.0694 e. The van der Waals surface area contributed by atoms with Gasteiger partial charge < -0.3 is 4.57 Å². The molecule has 0 fully saturated rings. The van der Waals surface area contributed by atoms with Crippen molar-refractivity contribution in [2.75, 3.05) is 6.54 Å². The summed E-state index contributed by atoms with van der Waals surface area (Å²) in [6, 6.07) is 18.7. The first-order valence-electron chi connectivity index (χ1n) is 8.30. The van der Waals surface area contributed by atoms with Crippen molar-refractivity contribution >= 4 is 11.8 Å². The van der Waals surface area contributed by atoms with E-state index in [0.717, 1.165) is 30.7 Å². The van der Waals surface area contributed by atoms with Gasteiger partial charge in [0, 0.05) is 42.1 Å². The van der Waals surface area contributed by atoms with Crippen LogP contribution in [0.5, 0.6) is 0 Å². The van der Waals surface area contributed by atoms with Crippen LogP contribution < -0.4 is 0 Å². The van der Waals surface area contributed by atoms with E-state index in [2.05, 4.69) is 64.3 Å². The minimum Gasteiger partial charge on any atom is -0.317 e. The van der Waals surface area contributed by atoms with Gasteiger partial charge in [0.2, 0.25) is 0 Å². The Balaban J connectivity index is 1.75. The molecule has 0 saturated carbocycles. The number of allylic oxidation sites excluding steroid dienone is 1. The van der Waals surface area contributed by atoms with Gasteiger partial charge >= 0.3 is 0 Å². The molecule has 2 aromatic heterocycles. The van der Waals surface area contributed by atoms with Crippen molar-refractivity contribution in [3.63, 3.8) is 0 Å². The van der Waals surface area contributed by atoms with Crippen molar-refractivity contribution in [2.24, 2.45) is 4.99 Å². The highest BCUT2D eigenvalue weighted by molar-refractivity contribution is 6.15. The van der Waals surface area contributed by atoms with Crippen LogP contribution in [0.25, 0.3) is 11.8 Å². The summed E-state index contributed by atoms with van der Waals surface area (Å²) in [5.74, 6) is 0. The van der Waals surface area contributed by atoms with Crippen LogP contribution in [0.4, 0.5) is 0 Å². The number of benzene rings is 1. The quantitative estimate of drug-likeness (QED) is 0.698. The van der Waals surface area contributed by atoms with Gasteiger partial charge in [-0.25, -0.2) is 0 Å². The Morgan fingerprint density at radius 2 is 1.88 bits per heavy atom. The first kappa shape index (κ1) is 14.6. The van der Waals surface area contributed by atoms with Crippen LogP contribution in [-0.4, -0.2) is 21.8 Å². The third-order valence-electron chi connectivity index (χ3n) is 4.25. The van der Waals surface area contributed by atoms with E-state index in [0.29, 0.717) is 0 Å². The number of aliphatic imine (C=N–C) groups is 1. The first-order valence-corrected chi connectivity index (χ1v) is 8.30. The number of nitrogens with zero attached hydrogens (tertiary/aromatic N) is 3. The maximum absolute atomic E-state index is 4.76. The van der Waals surface area contributed by atoms with E-state index in [4.69, 9.17) is 4.99 Å². The summed E-state index contributed by atoms with van der Waals surface area (Å²) in [5.41, 5.74) is 5.81. The molecule has 1 aliphatic rings. The molecule has 1 aliphatic heterocycles. The molecule has 0 radical (unpaired) electrons. The summed E-state index contributed by atoms with van der Waals surface area (Å²) in [6.45, 7) is 0.890. The fourth-order valence-corrected chi connectivity index (χ4v) is 3.11. The van der Waals surface area contributed by atoms with E-state index in [-0.39, 0.29) is 0 Å². The van der Waals surface area contributed by atoms with Crippen molar-refractivity contribution in [3.8, 4) is 5.69 Å². The maximum Gasteiger partial charge on any atom is 0.0694 e. The zero-order valence-corrected chi connectivity index (χ0v) is 13.5. The Morgan fingerprint density at radius 3 is 2.71 bits per heavy atom. The van der Waals surface area contributed by atoms with Gasteiger partial charge in [0.15, 0.2) is 0 Å². The molecule has 0 N–H and O–H groups in total. The highest BCUT2D eigenvalue weighted by Gasteiger charge is 2.15. The van der Waals surface area contributed by atoms with Crippen molar-refractivity contribution in [2.45, 2.75) is 12.8 Å². The largest absolute Gasteiger partial charge is 0.317 e. The fourth-order valence-electron chi connectivity index (χ4n) is 3.11. The van der Waals surface area contributed by atoms with Crippen LogP contribution in [0.2, 0.25) is 0 Å². The number of para-hydroxylation sites is 1. The summed E-state index contributed by atoms with van der Waals surface area (Å²) >= 11 is 0. The summed E-state index contributed by atoms with van der Waals surface area (Å²) in [4.78, 5) is 9.01. The zero-order valence-electron chi connectivity index (χ0n) is 13.5. The summed E-state index contributed by atoms with van der Waals surface area (Å²) < 4.78 is 2.21. The number of hydrogen-bond donors (Lipinski definition) is 0. The number of hydrogen-bond acceptors (Lipinski definition) is 2. The predicted octanol–water partition coefficient (Wildman–Crippen LogP) is 4.54. The molecule has 3 heteroatoms. The molecule has 1 aromatic carbocycles. The fraction of sp³-hybridized carbons (Fsp3) is 0.143. The predicted molar refractivity (Wildman–Crippen MR) is 98.6 cm³/mol. The minimum atomic E-state index is 0.890. The highest BCUT2D eigenvalue weighted by atomic mass is 15.0. The molecule has 3 aromatic rings. The molecule has 0 saturated heterocycles. The van der Waals surface area contributed by atoms with E-state index in [9.17, 15) is 0 Å². The van der Waals surface area contributed by atoms with E-state index in [1.807, 2.05) is 18.3 Å². The minimum absolute atomic E-state index is 0.890. The van der Waals surface area contributed by atoms with Crippen molar-refractivity contribution in [1.29, 1.82) is 0 Å². The molecule has 4 rings (SSSR count). The molecule has 0 bridgehead atoms. The Kier molecular flexibility index (Phi) is 4.07. The monoisotopic (exact) mass is 313 g/mol. The topological polar surface area (TPSA) is 30.2 Å². The lowest BCUT2D eigenvalue weighted by atomic mass is 9.96. The summed E-state index contributed by atoms with van der Waals surface area (Å²) in [5, 5.41) is 0. The van der Waals surface area contributed by atoms with E-state index < -0.39 is 0 Å². The van der Waals surface area contributed by atoms with E-state index >= 15 is 0 Å². The van der Waals surface area contributed by atoms with Crippen molar-refractivity contribution in [1.82, 2.24) is 9.55 Å². The SMILES string of the molecule is C(=C1CCCN=C1c1cccnc1)c1cccn1-c1ccccc1. The Labute approximate surface area is 142 Å². The Bertz CT molecular complexity index is 874. The third-order valence-corrected chi connectivity index (χ3v) is 4.25. The van der Waals surface area contributed by atoms with Crippen LogP contribution in [0, 0.1) is 0 Å². The van der Waals surface area contributed by atoms with Gasteiger partial charge in [-0.2, -0.15) is 0 Å². The van der Waals surface area contributed by atoms with Crippen LogP contribution in [0.1, 0.15) is 24.1 Å². The van der Waals surface area contributed by atoms with Gasteiger partial charge in [-0.15, -0.1) is 0 Å². The molecule has 0 amide bonds. The lowest BCUT2D eigenvalue weighted by Gasteiger charge is -2.17. The average Bonchev–Trinajstić information content (AvgIpc) is 3.12. The van der Waals surface area contributed by atoms with Crippen molar-refractivity contribution in [3.05, 3.63) is 90.0 Å². The number of rotatable bonds is 3. The molecule has 3 heterocycles. The summed E-state index contributed by atoms with van der Waals surface area (Å²) in [7, 11) is 0. The lowest BCUT2D eigenvalue weighted by Crippen LogP contribution is -2.12.